The lowest BCUT2D eigenvalue weighted by atomic mass is 9.84. The summed E-state index contributed by atoms with van der Waals surface area (Å²) in [6.07, 6.45) is 17.8. The smallest absolute Gasteiger partial charge is 0.354 e. The van der Waals surface area contributed by atoms with Crippen LogP contribution < -0.4 is 0 Å². The Kier molecular flexibility index (Phi) is 8.96. The largest absolute Gasteiger partial charge is 0.475 e. The maximum Gasteiger partial charge on any atom is 0.354 e. The summed E-state index contributed by atoms with van der Waals surface area (Å²) in [6, 6.07) is 0. The van der Waals surface area contributed by atoms with E-state index in [2.05, 4.69) is 6.08 Å². The molecule has 37 heavy (non-hydrogen) atoms. The second kappa shape index (κ2) is 12.0. The van der Waals surface area contributed by atoms with Gasteiger partial charge in [-0.1, -0.05) is 43.1 Å². The topological polar surface area (TPSA) is 102 Å². The second-order valence-electron chi connectivity index (χ2n) is 11.9. The van der Waals surface area contributed by atoms with Crippen LogP contribution in [0.3, 0.4) is 0 Å². The molecule has 0 spiro atoms. The summed E-state index contributed by atoms with van der Waals surface area (Å²) >= 11 is 0. The first-order chi connectivity index (χ1) is 17.6. The lowest BCUT2D eigenvalue weighted by Crippen LogP contribution is -2.29. The number of allylic oxidation sites excluding steroid dienone is 4. The minimum absolute atomic E-state index is 0.0498. The highest BCUT2D eigenvalue weighted by Gasteiger charge is 2.46. The van der Waals surface area contributed by atoms with E-state index in [1.807, 2.05) is 18.2 Å². The summed E-state index contributed by atoms with van der Waals surface area (Å²) in [6.45, 7) is 4.73. The van der Waals surface area contributed by atoms with Crippen LogP contribution in [0.2, 0.25) is 0 Å². The average Bonchev–Trinajstić information content (AvgIpc) is 3.40. The number of hydrogen-bond donors (Lipinski definition) is 2. The van der Waals surface area contributed by atoms with Crippen molar-refractivity contribution in [2.45, 2.75) is 90.4 Å². The van der Waals surface area contributed by atoms with Crippen molar-refractivity contribution in [1.82, 2.24) is 0 Å². The van der Waals surface area contributed by atoms with Gasteiger partial charge < -0.3 is 24.4 Å². The molecule has 7 heteroatoms. The van der Waals surface area contributed by atoms with E-state index >= 15 is 0 Å². The zero-order chi connectivity index (χ0) is 26.6. The number of fused-ring (bicyclic) bond motifs is 1. The Balaban J connectivity index is 1.31. The lowest BCUT2D eigenvalue weighted by molar-refractivity contribution is -0.177. The van der Waals surface area contributed by atoms with Crippen LogP contribution in [0.25, 0.3) is 0 Å². The van der Waals surface area contributed by atoms with E-state index in [1.54, 1.807) is 32.9 Å². The van der Waals surface area contributed by atoms with Crippen LogP contribution in [0, 0.1) is 29.1 Å². The van der Waals surface area contributed by atoms with Crippen molar-refractivity contribution < 1.29 is 34.0 Å². The van der Waals surface area contributed by atoms with E-state index in [1.165, 1.54) is 24.8 Å². The summed E-state index contributed by atoms with van der Waals surface area (Å²) in [7, 11) is 0. The van der Waals surface area contributed by atoms with Crippen molar-refractivity contribution in [1.29, 1.82) is 0 Å². The standard InChI is InChI=1S/C30H42O7/c1-30(2,3)29(34)36-18-35-28(33)27-11-7-10-21(37-27)16-20-12-13-22-23(26(32)17-24(20)22)14-15-25(31)19-8-5-4-6-9-19/h7,10-11,14-16,19,22-27,31-32H,4-6,8-9,12-13,17-18H2,1-3H3/b15-14+,20-16?/t22-,23+,24-,25+,26+,27?/m0/s1. The summed E-state index contributed by atoms with van der Waals surface area (Å²) < 4.78 is 15.9. The Morgan fingerprint density at radius 3 is 2.65 bits per heavy atom. The predicted octanol–water partition coefficient (Wildman–Crippen LogP) is 4.75. The number of aliphatic hydroxyl groups excluding tert-OH is 2. The molecular formula is C30H42O7. The number of carbonyl (C=O) groups is 2. The van der Waals surface area contributed by atoms with Gasteiger partial charge in [-0.15, -0.1) is 0 Å². The molecule has 2 N–H and O–H groups in total. The molecule has 1 unspecified atom stereocenters. The molecule has 7 nitrogen and oxygen atoms in total. The maximum atomic E-state index is 12.4. The van der Waals surface area contributed by atoms with Gasteiger partial charge in [-0.25, -0.2) is 4.79 Å². The minimum atomic E-state index is -0.909. The third-order valence-corrected chi connectivity index (χ3v) is 8.23. The zero-order valence-corrected chi connectivity index (χ0v) is 22.3. The van der Waals surface area contributed by atoms with Gasteiger partial charge in [0.05, 0.1) is 17.6 Å². The van der Waals surface area contributed by atoms with Crippen LogP contribution in [0.5, 0.6) is 0 Å². The zero-order valence-electron chi connectivity index (χ0n) is 22.3. The quantitative estimate of drug-likeness (QED) is 0.287. The highest BCUT2D eigenvalue weighted by atomic mass is 16.7. The summed E-state index contributed by atoms with van der Waals surface area (Å²) in [5.41, 5.74) is 0.549. The van der Waals surface area contributed by atoms with Crippen molar-refractivity contribution in [2.75, 3.05) is 6.79 Å². The first-order valence-corrected chi connectivity index (χ1v) is 13.8. The van der Waals surface area contributed by atoms with Gasteiger partial charge in [-0.2, -0.15) is 0 Å². The maximum absolute atomic E-state index is 12.4. The molecule has 3 fully saturated rings. The molecular weight excluding hydrogens is 472 g/mol. The summed E-state index contributed by atoms with van der Waals surface area (Å²) in [5.74, 6) is 0.498. The molecule has 0 aromatic heterocycles. The monoisotopic (exact) mass is 514 g/mol. The highest BCUT2D eigenvalue weighted by molar-refractivity contribution is 5.78. The first-order valence-electron chi connectivity index (χ1n) is 13.8. The van der Waals surface area contributed by atoms with Crippen molar-refractivity contribution in [3.8, 4) is 0 Å². The van der Waals surface area contributed by atoms with E-state index in [0.717, 1.165) is 25.7 Å². The molecule has 3 aliphatic carbocycles. The first kappa shape index (κ1) is 27.6. The van der Waals surface area contributed by atoms with Crippen molar-refractivity contribution in [3.63, 3.8) is 0 Å². The van der Waals surface area contributed by atoms with Crippen molar-refractivity contribution in [3.05, 3.63) is 47.8 Å². The van der Waals surface area contributed by atoms with Crippen molar-refractivity contribution >= 4 is 11.9 Å². The molecule has 1 heterocycles. The van der Waals surface area contributed by atoms with Crippen LogP contribution in [0.4, 0.5) is 0 Å². The Morgan fingerprint density at radius 1 is 1.16 bits per heavy atom. The second-order valence-corrected chi connectivity index (χ2v) is 11.9. The number of carbonyl (C=O) groups excluding carboxylic acids is 2. The summed E-state index contributed by atoms with van der Waals surface area (Å²) in [5, 5.41) is 21.5. The van der Waals surface area contributed by atoms with E-state index < -0.39 is 42.5 Å². The Morgan fingerprint density at radius 2 is 1.92 bits per heavy atom. The molecule has 6 atom stereocenters. The van der Waals surface area contributed by atoms with Gasteiger partial charge in [-0.3, -0.25) is 4.79 Å². The highest BCUT2D eigenvalue weighted by Crippen LogP contribution is 2.51. The minimum Gasteiger partial charge on any atom is -0.475 e. The number of hydrogen-bond acceptors (Lipinski definition) is 7. The molecule has 0 bridgehead atoms. The van der Waals surface area contributed by atoms with Gasteiger partial charge >= 0.3 is 11.9 Å². The van der Waals surface area contributed by atoms with Crippen LogP contribution >= 0.6 is 0 Å². The Bertz CT molecular complexity index is 947. The number of esters is 2. The SMILES string of the molecule is CC(C)(C)C(=O)OCOC(=O)C1C=CC=C(C=C2CC[C@H]3[C@@H](/C=C/[C@@H](O)C4CCCCC4)[C@H](O)C[C@@H]23)O1. The van der Waals surface area contributed by atoms with Crippen LogP contribution in [-0.4, -0.2) is 47.3 Å². The average molecular weight is 515 g/mol. The van der Waals surface area contributed by atoms with Gasteiger partial charge in [0.15, 0.2) is 0 Å². The van der Waals surface area contributed by atoms with E-state index in [9.17, 15) is 19.8 Å². The fourth-order valence-electron chi connectivity index (χ4n) is 6.12. The van der Waals surface area contributed by atoms with E-state index in [0.29, 0.717) is 24.0 Å². The van der Waals surface area contributed by atoms with Gasteiger partial charge in [0.1, 0.15) is 5.76 Å². The normalized spacial score (nSPS) is 32.2. The molecule has 0 saturated heterocycles. The van der Waals surface area contributed by atoms with Crippen LogP contribution in [0.15, 0.2) is 47.8 Å². The number of aliphatic hydroxyl groups is 2. The molecule has 1 aliphatic heterocycles. The molecule has 0 aromatic carbocycles. The molecule has 3 saturated carbocycles. The fourth-order valence-corrected chi connectivity index (χ4v) is 6.12. The van der Waals surface area contributed by atoms with Gasteiger partial charge in [-0.05, 0) is 88.9 Å². The van der Waals surface area contributed by atoms with E-state index in [4.69, 9.17) is 14.2 Å². The molecule has 204 valence electrons. The molecule has 0 amide bonds. The Hall–Kier alpha value is -2.38. The lowest BCUT2D eigenvalue weighted by Gasteiger charge is -2.25. The van der Waals surface area contributed by atoms with Gasteiger partial charge in [0, 0.05) is 5.92 Å². The van der Waals surface area contributed by atoms with Crippen LogP contribution in [-0.2, 0) is 23.8 Å². The van der Waals surface area contributed by atoms with E-state index in [-0.39, 0.29) is 11.8 Å². The molecule has 4 aliphatic rings. The summed E-state index contributed by atoms with van der Waals surface area (Å²) in [4.78, 5) is 24.3. The predicted molar refractivity (Wildman–Crippen MR) is 139 cm³/mol. The van der Waals surface area contributed by atoms with Gasteiger partial charge in [0.25, 0.3) is 0 Å². The van der Waals surface area contributed by atoms with Crippen LogP contribution in [0.1, 0.15) is 72.1 Å². The third kappa shape index (κ3) is 6.94. The van der Waals surface area contributed by atoms with Gasteiger partial charge in [0.2, 0.25) is 12.9 Å². The fraction of sp³-hybridized carbons (Fsp3) is 0.667. The third-order valence-electron chi connectivity index (χ3n) is 8.23. The molecule has 0 aromatic rings. The molecule has 0 radical (unpaired) electrons. The number of ether oxygens (including phenoxy) is 3. The number of rotatable bonds is 7. The van der Waals surface area contributed by atoms with Crippen molar-refractivity contribution in [2.24, 2.45) is 29.1 Å². The Labute approximate surface area is 220 Å². The molecule has 4 rings (SSSR count).